The van der Waals surface area contributed by atoms with Gasteiger partial charge in [0.15, 0.2) is 0 Å². The van der Waals surface area contributed by atoms with Crippen LogP contribution in [0, 0.1) is 0 Å². The zero-order chi connectivity index (χ0) is 7.98. The van der Waals surface area contributed by atoms with Crippen LogP contribution in [0.3, 0.4) is 0 Å². The summed E-state index contributed by atoms with van der Waals surface area (Å²) in [6.45, 7) is 8.66. The third-order valence-corrected chi connectivity index (χ3v) is 1.39. The van der Waals surface area contributed by atoms with Crippen LogP contribution in [0.1, 0.15) is 13.3 Å². The highest BCUT2D eigenvalue weighted by Crippen LogP contribution is 1.92. The van der Waals surface area contributed by atoms with Crippen molar-refractivity contribution in [2.75, 3.05) is 26.7 Å². The number of nitrogens with two attached hydrogens (primary N) is 1. The van der Waals surface area contributed by atoms with Crippen molar-refractivity contribution < 1.29 is 0 Å². The molecule has 0 spiro atoms. The van der Waals surface area contributed by atoms with E-state index in [-0.39, 0.29) is 0 Å². The molecular formula is C8H18N2. The summed E-state index contributed by atoms with van der Waals surface area (Å²) >= 11 is 0. The molecule has 0 aromatic heterocycles. The molecule has 0 rings (SSSR count). The van der Waals surface area contributed by atoms with Gasteiger partial charge in [-0.25, -0.2) is 0 Å². The number of hydrogen-bond donors (Lipinski definition) is 1. The number of hydrogen-bond acceptors (Lipinski definition) is 2. The molecular weight excluding hydrogens is 124 g/mol. The van der Waals surface area contributed by atoms with Crippen LogP contribution in [-0.4, -0.2) is 31.6 Å². The molecule has 0 bridgehead atoms. The van der Waals surface area contributed by atoms with Crippen molar-refractivity contribution in [3.63, 3.8) is 0 Å². The van der Waals surface area contributed by atoms with E-state index in [1.54, 1.807) is 0 Å². The monoisotopic (exact) mass is 142 g/mol. The van der Waals surface area contributed by atoms with Gasteiger partial charge in [0.05, 0.1) is 0 Å². The molecule has 0 fully saturated rings. The average Bonchev–Trinajstić information content (AvgIpc) is 1.88. The highest BCUT2D eigenvalue weighted by Gasteiger charge is 1.96. The Bertz CT molecular complexity index is 99.4. The maximum Gasteiger partial charge on any atom is 0.0199 e. The van der Waals surface area contributed by atoms with E-state index in [1.165, 1.54) is 6.42 Å². The molecule has 0 saturated carbocycles. The molecule has 0 aromatic carbocycles. The van der Waals surface area contributed by atoms with E-state index in [0.717, 1.165) is 18.7 Å². The molecule has 0 atom stereocenters. The van der Waals surface area contributed by atoms with Crippen LogP contribution in [0.2, 0.25) is 0 Å². The van der Waals surface area contributed by atoms with E-state index < -0.39 is 0 Å². The fraction of sp³-hybridized carbons (Fsp3) is 0.750. The Hall–Kier alpha value is -0.340. The molecule has 60 valence electrons. The largest absolute Gasteiger partial charge is 0.327 e. The summed E-state index contributed by atoms with van der Waals surface area (Å²) in [5.41, 5.74) is 6.50. The van der Waals surface area contributed by atoms with Crippen molar-refractivity contribution in [2.24, 2.45) is 5.73 Å². The molecule has 0 radical (unpaired) electrons. The molecule has 0 unspecified atom stereocenters. The Kier molecular flexibility index (Phi) is 5.26. The summed E-state index contributed by atoms with van der Waals surface area (Å²) in [6.07, 6.45) is 1.19. The van der Waals surface area contributed by atoms with E-state index in [4.69, 9.17) is 5.73 Å². The number of nitrogens with zero attached hydrogens (tertiary/aromatic N) is 1. The maximum atomic E-state index is 5.39. The first-order valence-electron chi connectivity index (χ1n) is 3.76. The van der Waals surface area contributed by atoms with Crippen LogP contribution < -0.4 is 5.73 Å². The highest BCUT2D eigenvalue weighted by molar-refractivity contribution is 4.97. The Labute approximate surface area is 63.7 Å². The van der Waals surface area contributed by atoms with E-state index in [0.29, 0.717) is 6.54 Å². The molecule has 0 aromatic rings. The molecule has 0 heterocycles. The SMILES string of the molecule is C=C(CN)CN(C)CCC. The van der Waals surface area contributed by atoms with E-state index in [1.807, 2.05) is 0 Å². The van der Waals surface area contributed by atoms with Crippen LogP contribution in [0.4, 0.5) is 0 Å². The molecule has 2 heteroatoms. The van der Waals surface area contributed by atoms with Crippen molar-refractivity contribution >= 4 is 0 Å². The Morgan fingerprint density at radius 3 is 2.60 bits per heavy atom. The third-order valence-electron chi connectivity index (χ3n) is 1.39. The van der Waals surface area contributed by atoms with Gasteiger partial charge < -0.3 is 10.6 Å². The summed E-state index contributed by atoms with van der Waals surface area (Å²) < 4.78 is 0. The second kappa shape index (κ2) is 5.45. The van der Waals surface area contributed by atoms with Gasteiger partial charge in [-0.05, 0) is 25.6 Å². The Morgan fingerprint density at radius 1 is 1.60 bits per heavy atom. The van der Waals surface area contributed by atoms with Crippen LogP contribution >= 0.6 is 0 Å². The smallest absolute Gasteiger partial charge is 0.0199 e. The minimum Gasteiger partial charge on any atom is -0.327 e. The zero-order valence-corrected chi connectivity index (χ0v) is 7.06. The molecule has 0 aliphatic rings. The molecule has 0 saturated heterocycles. The molecule has 0 aliphatic carbocycles. The Morgan fingerprint density at radius 2 is 2.20 bits per heavy atom. The summed E-state index contributed by atoms with van der Waals surface area (Å²) in [5, 5.41) is 0. The fourth-order valence-electron chi connectivity index (χ4n) is 0.907. The van der Waals surface area contributed by atoms with Crippen molar-refractivity contribution in [3.8, 4) is 0 Å². The van der Waals surface area contributed by atoms with Gasteiger partial charge in [0.1, 0.15) is 0 Å². The predicted octanol–water partition coefficient (Wildman–Crippen LogP) is 0.843. The lowest BCUT2D eigenvalue weighted by molar-refractivity contribution is 0.361. The zero-order valence-electron chi connectivity index (χ0n) is 7.06. The van der Waals surface area contributed by atoms with Crippen LogP contribution in [-0.2, 0) is 0 Å². The van der Waals surface area contributed by atoms with Gasteiger partial charge in [0.2, 0.25) is 0 Å². The summed E-state index contributed by atoms with van der Waals surface area (Å²) in [4.78, 5) is 2.23. The average molecular weight is 142 g/mol. The second-order valence-electron chi connectivity index (χ2n) is 2.69. The van der Waals surface area contributed by atoms with E-state index in [2.05, 4.69) is 25.5 Å². The third kappa shape index (κ3) is 4.53. The second-order valence-corrected chi connectivity index (χ2v) is 2.69. The number of rotatable bonds is 5. The van der Waals surface area contributed by atoms with Gasteiger partial charge in [0.25, 0.3) is 0 Å². The minimum absolute atomic E-state index is 0.605. The summed E-state index contributed by atoms with van der Waals surface area (Å²) in [6, 6.07) is 0. The van der Waals surface area contributed by atoms with Gasteiger partial charge >= 0.3 is 0 Å². The van der Waals surface area contributed by atoms with Crippen LogP contribution in [0.25, 0.3) is 0 Å². The van der Waals surface area contributed by atoms with Gasteiger partial charge in [-0.15, -0.1) is 0 Å². The lowest BCUT2D eigenvalue weighted by Crippen LogP contribution is -2.24. The van der Waals surface area contributed by atoms with Crippen molar-refractivity contribution in [1.82, 2.24) is 4.90 Å². The Balaban J connectivity index is 3.37. The van der Waals surface area contributed by atoms with Gasteiger partial charge in [-0.2, -0.15) is 0 Å². The van der Waals surface area contributed by atoms with Crippen molar-refractivity contribution in [1.29, 1.82) is 0 Å². The summed E-state index contributed by atoms with van der Waals surface area (Å²) in [5.74, 6) is 0. The standard InChI is InChI=1S/C8H18N2/c1-4-5-10(3)7-8(2)6-9/h2,4-7,9H2,1,3H3. The molecule has 0 aliphatic heterocycles. The van der Waals surface area contributed by atoms with Crippen molar-refractivity contribution in [3.05, 3.63) is 12.2 Å². The first-order chi connectivity index (χ1) is 4.70. The van der Waals surface area contributed by atoms with E-state index >= 15 is 0 Å². The normalized spacial score (nSPS) is 10.4. The predicted molar refractivity (Wildman–Crippen MR) is 46.0 cm³/mol. The van der Waals surface area contributed by atoms with Crippen molar-refractivity contribution in [2.45, 2.75) is 13.3 Å². The molecule has 10 heavy (non-hydrogen) atoms. The van der Waals surface area contributed by atoms with Gasteiger partial charge in [-0.1, -0.05) is 13.5 Å². The summed E-state index contributed by atoms with van der Waals surface area (Å²) in [7, 11) is 2.09. The minimum atomic E-state index is 0.605. The molecule has 2 nitrogen and oxygen atoms in total. The molecule has 2 N–H and O–H groups in total. The van der Waals surface area contributed by atoms with Crippen LogP contribution in [0.5, 0.6) is 0 Å². The van der Waals surface area contributed by atoms with E-state index in [9.17, 15) is 0 Å². The van der Waals surface area contributed by atoms with Gasteiger partial charge in [0, 0.05) is 13.1 Å². The quantitative estimate of drug-likeness (QED) is 0.576. The van der Waals surface area contributed by atoms with Crippen LogP contribution in [0.15, 0.2) is 12.2 Å². The maximum absolute atomic E-state index is 5.39. The number of likely N-dealkylation sites (N-methyl/N-ethyl adjacent to an activating group) is 1. The van der Waals surface area contributed by atoms with Gasteiger partial charge in [-0.3, -0.25) is 0 Å². The fourth-order valence-corrected chi connectivity index (χ4v) is 0.907. The highest BCUT2D eigenvalue weighted by atomic mass is 15.1. The topological polar surface area (TPSA) is 29.3 Å². The lowest BCUT2D eigenvalue weighted by atomic mass is 10.3. The lowest BCUT2D eigenvalue weighted by Gasteiger charge is -2.15. The first kappa shape index (κ1) is 9.66. The molecule has 0 amide bonds. The first-order valence-corrected chi connectivity index (χ1v) is 3.76.